The van der Waals surface area contributed by atoms with E-state index in [0.717, 1.165) is 17.5 Å². The van der Waals surface area contributed by atoms with Gasteiger partial charge in [-0.15, -0.1) is 0 Å². The van der Waals surface area contributed by atoms with E-state index in [4.69, 9.17) is 4.74 Å². The van der Waals surface area contributed by atoms with Crippen molar-refractivity contribution < 1.29 is 24.5 Å². The lowest BCUT2D eigenvalue weighted by atomic mass is 10.0. The van der Waals surface area contributed by atoms with Crippen molar-refractivity contribution in [1.29, 1.82) is 0 Å². The fraction of sp³-hybridized carbons (Fsp3) is 0.0833. The zero-order chi connectivity index (χ0) is 21.1. The SMILES string of the molecule is O=C(Nc1cc(-c2ccccc2)ccc1C(=O)O)c1cc(C2=CCCO2)ccc1O. The van der Waals surface area contributed by atoms with Crippen molar-refractivity contribution in [2.24, 2.45) is 0 Å². The lowest BCUT2D eigenvalue weighted by Gasteiger charge is -2.13. The number of ether oxygens (including phenoxy) is 1. The molecule has 1 heterocycles. The largest absolute Gasteiger partial charge is 0.507 e. The molecule has 6 nitrogen and oxygen atoms in total. The molecule has 1 aliphatic heterocycles. The first-order chi connectivity index (χ1) is 14.5. The lowest BCUT2D eigenvalue weighted by molar-refractivity contribution is 0.0698. The summed E-state index contributed by atoms with van der Waals surface area (Å²) in [6, 6.07) is 18.8. The third-order valence-corrected chi connectivity index (χ3v) is 4.84. The van der Waals surface area contributed by atoms with Gasteiger partial charge in [-0.3, -0.25) is 4.79 Å². The van der Waals surface area contributed by atoms with Crippen molar-refractivity contribution in [1.82, 2.24) is 0 Å². The van der Waals surface area contributed by atoms with Crippen LogP contribution in [0.3, 0.4) is 0 Å². The maximum atomic E-state index is 12.9. The van der Waals surface area contributed by atoms with Crippen molar-refractivity contribution in [2.75, 3.05) is 11.9 Å². The number of aromatic carboxylic acids is 1. The maximum Gasteiger partial charge on any atom is 0.337 e. The molecule has 0 aliphatic carbocycles. The number of rotatable bonds is 5. The summed E-state index contributed by atoms with van der Waals surface area (Å²) < 4.78 is 5.52. The maximum absolute atomic E-state index is 12.9. The minimum absolute atomic E-state index is 0.0327. The van der Waals surface area contributed by atoms with Crippen LogP contribution in [-0.4, -0.2) is 28.7 Å². The van der Waals surface area contributed by atoms with Gasteiger partial charge in [0, 0.05) is 12.0 Å². The number of amides is 1. The smallest absolute Gasteiger partial charge is 0.337 e. The summed E-state index contributed by atoms with van der Waals surface area (Å²) in [5.41, 5.74) is 2.46. The van der Waals surface area contributed by atoms with Gasteiger partial charge in [-0.1, -0.05) is 36.4 Å². The third kappa shape index (κ3) is 3.89. The standard InChI is InChI=1S/C24H19NO5/c26-21-11-9-17(22-7-4-12-30-22)13-19(21)23(27)25-20-14-16(8-10-18(20)24(28)29)15-5-2-1-3-6-15/h1-3,5-11,13-14,26H,4,12H2,(H,25,27)(H,28,29). The number of carbonyl (C=O) groups is 2. The minimum atomic E-state index is -1.16. The van der Waals surface area contributed by atoms with E-state index in [9.17, 15) is 19.8 Å². The molecule has 6 heteroatoms. The number of hydrogen-bond donors (Lipinski definition) is 3. The van der Waals surface area contributed by atoms with E-state index < -0.39 is 11.9 Å². The summed E-state index contributed by atoms with van der Waals surface area (Å²) in [5.74, 6) is -1.32. The molecule has 0 unspecified atom stereocenters. The second kappa shape index (κ2) is 8.13. The Morgan fingerprint density at radius 3 is 2.33 bits per heavy atom. The van der Waals surface area contributed by atoms with Crippen LogP contribution in [0.4, 0.5) is 5.69 Å². The van der Waals surface area contributed by atoms with Crippen LogP contribution in [0.25, 0.3) is 16.9 Å². The van der Waals surface area contributed by atoms with E-state index >= 15 is 0 Å². The molecule has 1 aliphatic rings. The number of phenolic OH excluding ortho intramolecular Hbond substituents is 1. The predicted octanol–water partition coefficient (Wildman–Crippen LogP) is 4.77. The molecule has 150 valence electrons. The molecular formula is C24H19NO5. The summed E-state index contributed by atoms with van der Waals surface area (Å²) in [5, 5.41) is 22.4. The fourth-order valence-electron chi connectivity index (χ4n) is 3.32. The number of aromatic hydroxyl groups is 1. The molecule has 3 aromatic rings. The van der Waals surface area contributed by atoms with Gasteiger partial charge in [0.15, 0.2) is 0 Å². The fourth-order valence-corrected chi connectivity index (χ4v) is 3.32. The first-order valence-electron chi connectivity index (χ1n) is 9.43. The highest BCUT2D eigenvalue weighted by molar-refractivity contribution is 6.09. The molecule has 30 heavy (non-hydrogen) atoms. The number of anilines is 1. The molecule has 0 fully saturated rings. The molecular weight excluding hydrogens is 382 g/mol. The second-order valence-corrected chi connectivity index (χ2v) is 6.82. The highest BCUT2D eigenvalue weighted by Gasteiger charge is 2.19. The first kappa shape index (κ1) is 19.3. The van der Waals surface area contributed by atoms with Crippen molar-refractivity contribution in [3.63, 3.8) is 0 Å². The average Bonchev–Trinajstić information content (AvgIpc) is 3.29. The number of carbonyl (C=O) groups excluding carboxylic acids is 1. The molecule has 3 aromatic carbocycles. The summed E-state index contributed by atoms with van der Waals surface area (Å²) in [6.45, 7) is 0.575. The number of carboxylic acids is 1. The van der Waals surface area contributed by atoms with Gasteiger partial charge in [0.2, 0.25) is 0 Å². The van der Waals surface area contributed by atoms with Crippen LogP contribution in [0.15, 0.2) is 72.8 Å². The van der Waals surface area contributed by atoms with E-state index in [1.54, 1.807) is 18.2 Å². The number of phenols is 1. The summed E-state index contributed by atoms with van der Waals surface area (Å²) in [7, 11) is 0. The number of hydrogen-bond acceptors (Lipinski definition) is 4. The Balaban J connectivity index is 1.69. The monoisotopic (exact) mass is 401 g/mol. The van der Waals surface area contributed by atoms with E-state index in [-0.39, 0.29) is 22.6 Å². The highest BCUT2D eigenvalue weighted by Crippen LogP contribution is 2.29. The Bertz CT molecular complexity index is 1150. The van der Waals surface area contributed by atoms with Crippen LogP contribution in [0, 0.1) is 0 Å². The van der Waals surface area contributed by atoms with Gasteiger partial charge in [-0.05, 0) is 47.5 Å². The molecule has 1 amide bonds. The lowest BCUT2D eigenvalue weighted by Crippen LogP contribution is -2.15. The van der Waals surface area contributed by atoms with Crippen LogP contribution in [0.2, 0.25) is 0 Å². The quantitative estimate of drug-likeness (QED) is 0.572. The van der Waals surface area contributed by atoms with Crippen molar-refractivity contribution in [2.45, 2.75) is 6.42 Å². The Morgan fingerprint density at radius 1 is 0.867 bits per heavy atom. The molecule has 3 N–H and O–H groups in total. The molecule has 0 saturated carbocycles. The average molecular weight is 401 g/mol. The Hall–Kier alpha value is -4.06. The van der Waals surface area contributed by atoms with Crippen molar-refractivity contribution >= 4 is 23.3 Å². The van der Waals surface area contributed by atoms with Crippen molar-refractivity contribution in [3.8, 4) is 16.9 Å². The number of carboxylic acid groups (broad SMARTS) is 1. The van der Waals surface area contributed by atoms with Gasteiger partial charge < -0.3 is 20.3 Å². The molecule has 0 bridgehead atoms. The van der Waals surface area contributed by atoms with E-state index in [1.165, 1.54) is 18.2 Å². The Labute approximate surface area is 173 Å². The number of benzene rings is 3. The van der Waals surface area contributed by atoms with E-state index in [0.29, 0.717) is 17.9 Å². The van der Waals surface area contributed by atoms with Crippen molar-refractivity contribution in [3.05, 3.63) is 89.5 Å². The van der Waals surface area contributed by atoms with Gasteiger partial charge in [-0.25, -0.2) is 4.79 Å². The summed E-state index contributed by atoms with van der Waals surface area (Å²) in [6.07, 6.45) is 2.70. The van der Waals surface area contributed by atoms with Gasteiger partial charge >= 0.3 is 5.97 Å². The van der Waals surface area contributed by atoms with Crippen LogP contribution in [-0.2, 0) is 4.74 Å². The zero-order valence-electron chi connectivity index (χ0n) is 16.0. The molecule has 0 saturated heterocycles. The van der Waals surface area contributed by atoms with Crippen LogP contribution >= 0.6 is 0 Å². The van der Waals surface area contributed by atoms with Gasteiger partial charge in [0.1, 0.15) is 11.5 Å². The first-order valence-corrected chi connectivity index (χ1v) is 9.43. The topological polar surface area (TPSA) is 95.9 Å². The molecule has 4 rings (SSSR count). The molecule has 0 aromatic heterocycles. The molecule has 0 radical (unpaired) electrons. The van der Waals surface area contributed by atoms with E-state index in [1.807, 2.05) is 36.4 Å². The molecule has 0 atom stereocenters. The van der Waals surface area contributed by atoms with E-state index in [2.05, 4.69) is 5.32 Å². The van der Waals surface area contributed by atoms with Crippen LogP contribution in [0.1, 0.15) is 32.7 Å². The Kier molecular flexibility index (Phi) is 5.22. The number of nitrogens with one attached hydrogen (secondary N) is 1. The molecule has 0 spiro atoms. The summed E-state index contributed by atoms with van der Waals surface area (Å²) in [4.78, 5) is 24.6. The predicted molar refractivity (Wildman–Crippen MR) is 113 cm³/mol. The Morgan fingerprint density at radius 2 is 1.63 bits per heavy atom. The van der Waals surface area contributed by atoms with Crippen LogP contribution in [0.5, 0.6) is 5.75 Å². The second-order valence-electron chi connectivity index (χ2n) is 6.82. The third-order valence-electron chi connectivity index (χ3n) is 4.84. The highest BCUT2D eigenvalue weighted by atomic mass is 16.5. The minimum Gasteiger partial charge on any atom is -0.507 e. The summed E-state index contributed by atoms with van der Waals surface area (Å²) >= 11 is 0. The van der Waals surface area contributed by atoms with Gasteiger partial charge in [0.25, 0.3) is 5.91 Å². The van der Waals surface area contributed by atoms with Gasteiger partial charge in [-0.2, -0.15) is 0 Å². The van der Waals surface area contributed by atoms with Gasteiger partial charge in [0.05, 0.1) is 23.4 Å². The zero-order valence-corrected chi connectivity index (χ0v) is 16.0. The van der Waals surface area contributed by atoms with Crippen LogP contribution < -0.4 is 5.32 Å². The normalized spacial score (nSPS) is 12.7.